The van der Waals surface area contributed by atoms with Crippen molar-refractivity contribution in [3.63, 3.8) is 0 Å². The Balaban J connectivity index is 2.21. The van der Waals surface area contributed by atoms with Crippen LogP contribution in [0.3, 0.4) is 0 Å². The van der Waals surface area contributed by atoms with Crippen LogP contribution in [-0.2, 0) is 6.54 Å². The van der Waals surface area contributed by atoms with E-state index in [9.17, 15) is 4.79 Å². The molecule has 1 amide bonds. The molecule has 0 saturated heterocycles. The molecule has 2 aromatic heterocycles. The van der Waals surface area contributed by atoms with Crippen molar-refractivity contribution in [1.29, 1.82) is 0 Å². The Morgan fingerprint density at radius 1 is 1.71 bits per heavy atom. The van der Waals surface area contributed by atoms with Crippen molar-refractivity contribution >= 4 is 33.2 Å². The summed E-state index contributed by atoms with van der Waals surface area (Å²) in [6, 6.07) is 1.85. The Hall–Kier alpha value is -1.18. The second-order valence-corrected chi connectivity index (χ2v) is 5.69. The number of aromatic nitrogens is 2. The minimum atomic E-state index is -0.258. The molecule has 0 saturated carbocycles. The number of thiophene rings is 1. The number of nitrogens with zero attached hydrogens (tertiary/aromatic N) is 2. The predicted octanol–water partition coefficient (Wildman–Crippen LogP) is 1.67. The number of halogens is 1. The molecule has 0 spiro atoms. The minimum absolute atomic E-state index is 0.258. The SMILES string of the molecule is Cc1sc(C(=O)NN)cc1Cn1cc(Br)cn1. The van der Waals surface area contributed by atoms with Gasteiger partial charge in [0.1, 0.15) is 0 Å². The molecule has 0 fully saturated rings. The van der Waals surface area contributed by atoms with Gasteiger partial charge in [-0.25, -0.2) is 5.84 Å². The molecule has 0 aliphatic heterocycles. The van der Waals surface area contributed by atoms with E-state index in [4.69, 9.17) is 5.84 Å². The lowest BCUT2D eigenvalue weighted by atomic mass is 10.2. The van der Waals surface area contributed by atoms with Crippen LogP contribution in [0, 0.1) is 6.92 Å². The van der Waals surface area contributed by atoms with Gasteiger partial charge < -0.3 is 0 Å². The molecule has 2 aromatic rings. The Bertz CT molecular complexity index is 548. The molecule has 0 unspecified atom stereocenters. The number of nitrogens with two attached hydrogens (primary N) is 1. The Morgan fingerprint density at radius 3 is 3.06 bits per heavy atom. The van der Waals surface area contributed by atoms with Crippen molar-refractivity contribution in [1.82, 2.24) is 15.2 Å². The Kier molecular flexibility index (Phi) is 3.60. The van der Waals surface area contributed by atoms with Crippen LogP contribution in [0.15, 0.2) is 22.9 Å². The fourth-order valence-electron chi connectivity index (χ4n) is 1.46. The van der Waals surface area contributed by atoms with Gasteiger partial charge in [-0.1, -0.05) is 0 Å². The van der Waals surface area contributed by atoms with Crippen molar-refractivity contribution in [2.45, 2.75) is 13.5 Å². The number of nitrogens with one attached hydrogen (secondary N) is 1. The third-order valence-corrected chi connectivity index (χ3v) is 3.81. The third kappa shape index (κ3) is 2.74. The van der Waals surface area contributed by atoms with Crippen LogP contribution in [-0.4, -0.2) is 15.7 Å². The molecule has 2 heterocycles. The number of aryl methyl sites for hydroxylation is 1. The summed E-state index contributed by atoms with van der Waals surface area (Å²) in [5.41, 5.74) is 3.20. The number of carbonyl (C=O) groups excluding carboxylic acids is 1. The summed E-state index contributed by atoms with van der Waals surface area (Å²) in [6.45, 7) is 2.62. The van der Waals surface area contributed by atoms with E-state index in [0.29, 0.717) is 11.4 Å². The lowest BCUT2D eigenvalue weighted by Crippen LogP contribution is -2.29. The summed E-state index contributed by atoms with van der Waals surface area (Å²) in [6.07, 6.45) is 3.62. The zero-order valence-electron chi connectivity index (χ0n) is 9.11. The average molecular weight is 315 g/mol. The molecule has 0 aliphatic rings. The first kappa shape index (κ1) is 12.3. The highest BCUT2D eigenvalue weighted by atomic mass is 79.9. The third-order valence-electron chi connectivity index (χ3n) is 2.31. The van der Waals surface area contributed by atoms with Gasteiger partial charge in [-0.2, -0.15) is 5.10 Å². The van der Waals surface area contributed by atoms with Crippen LogP contribution >= 0.6 is 27.3 Å². The van der Waals surface area contributed by atoms with Gasteiger partial charge in [0.15, 0.2) is 0 Å². The summed E-state index contributed by atoms with van der Waals surface area (Å²) < 4.78 is 2.74. The standard InChI is InChI=1S/C10H11BrN4OS/c1-6-7(2-9(17-6)10(16)14-12)4-15-5-8(11)3-13-15/h2-3,5H,4,12H2,1H3,(H,14,16). The first-order valence-corrected chi connectivity index (χ1v) is 6.49. The van der Waals surface area contributed by atoms with Crippen molar-refractivity contribution < 1.29 is 4.79 Å². The number of hydrogen-bond acceptors (Lipinski definition) is 4. The lowest BCUT2D eigenvalue weighted by molar-refractivity contribution is 0.0957. The van der Waals surface area contributed by atoms with E-state index in [0.717, 1.165) is 14.9 Å². The summed E-state index contributed by atoms with van der Waals surface area (Å²) in [7, 11) is 0. The van der Waals surface area contributed by atoms with E-state index < -0.39 is 0 Å². The maximum Gasteiger partial charge on any atom is 0.275 e. The quantitative estimate of drug-likeness (QED) is 0.514. The molecule has 0 atom stereocenters. The summed E-state index contributed by atoms with van der Waals surface area (Å²) in [4.78, 5) is 13.1. The highest BCUT2D eigenvalue weighted by Gasteiger charge is 2.11. The highest BCUT2D eigenvalue weighted by molar-refractivity contribution is 9.10. The predicted molar refractivity (Wildman–Crippen MR) is 69.7 cm³/mol. The number of amides is 1. The highest BCUT2D eigenvalue weighted by Crippen LogP contribution is 2.22. The number of carbonyl (C=O) groups is 1. The van der Waals surface area contributed by atoms with Crippen LogP contribution in [0.2, 0.25) is 0 Å². The molecule has 90 valence electrons. The molecule has 0 aliphatic carbocycles. The monoisotopic (exact) mass is 314 g/mol. The van der Waals surface area contributed by atoms with Gasteiger partial charge in [-0.05, 0) is 34.5 Å². The van der Waals surface area contributed by atoms with Crippen molar-refractivity contribution in [2.75, 3.05) is 0 Å². The largest absolute Gasteiger partial charge is 0.289 e. The fourth-order valence-corrected chi connectivity index (χ4v) is 2.72. The van der Waals surface area contributed by atoms with Crippen LogP contribution in [0.25, 0.3) is 0 Å². The first-order chi connectivity index (χ1) is 8.10. The van der Waals surface area contributed by atoms with Gasteiger partial charge in [-0.15, -0.1) is 11.3 Å². The lowest BCUT2D eigenvalue weighted by Gasteiger charge is -1.99. The fraction of sp³-hybridized carbons (Fsp3) is 0.200. The Labute approximate surface area is 111 Å². The maximum absolute atomic E-state index is 11.4. The average Bonchev–Trinajstić information content (AvgIpc) is 2.86. The number of nitrogen functional groups attached to an aromatic ring is 1. The van der Waals surface area contributed by atoms with Gasteiger partial charge in [0, 0.05) is 11.1 Å². The van der Waals surface area contributed by atoms with Crippen LogP contribution in [0.5, 0.6) is 0 Å². The topological polar surface area (TPSA) is 72.9 Å². The normalized spacial score (nSPS) is 10.5. The summed E-state index contributed by atoms with van der Waals surface area (Å²) in [5, 5.41) is 4.18. The van der Waals surface area contributed by atoms with E-state index in [2.05, 4.69) is 26.5 Å². The molecule has 3 N–H and O–H groups in total. The van der Waals surface area contributed by atoms with Gasteiger partial charge in [0.05, 0.1) is 22.1 Å². The molecule has 0 aromatic carbocycles. The van der Waals surface area contributed by atoms with Gasteiger partial charge in [0.25, 0.3) is 5.91 Å². The molecular weight excluding hydrogens is 304 g/mol. The molecular formula is C10H11BrN4OS. The van der Waals surface area contributed by atoms with Crippen molar-refractivity contribution in [3.05, 3.63) is 38.3 Å². The first-order valence-electron chi connectivity index (χ1n) is 4.88. The number of hydrogen-bond donors (Lipinski definition) is 2. The molecule has 2 rings (SSSR count). The van der Waals surface area contributed by atoms with Crippen LogP contribution < -0.4 is 11.3 Å². The summed E-state index contributed by atoms with van der Waals surface area (Å²) in [5.74, 6) is 4.84. The zero-order chi connectivity index (χ0) is 12.4. The van der Waals surface area contributed by atoms with Crippen LogP contribution in [0.1, 0.15) is 20.1 Å². The smallest absolute Gasteiger partial charge is 0.275 e. The molecule has 7 heteroatoms. The number of rotatable bonds is 3. The molecule has 5 nitrogen and oxygen atoms in total. The Morgan fingerprint density at radius 2 is 2.47 bits per heavy atom. The van der Waals surface area contributed by atoms with Gasteiger partial charge >= 0.3 is 0 Å². The van der Waals surface area contributed by atoms with E-state index in [1.54, 1.807) is 6.20 Å². The van der Waals surface area contributed by atoms with Gasteiger partial charge in [0.2, 0.25) is 0 Å². The van der Waals surface area contributed by atoms with Crippen molar-refractivity contribution in [3.8, 4) is 0 Å². The molecule has 0 radical (unpaired) electrons. The maximum atomic E-state index is 11.4. The second kappa shape index (κ2) is 4.99. The van der Waals surface area contributed by atoms with E-state index in [1.165, 1.54) is 11.3 Å². The minimum Gasteiger partial charge on any atom is -0.289 e. The molecule has 17 heavy (non-hydrogen) atoms. The molecule has 0 bridgehead atoms. The number of hydrazine groups is 1. The van der Waals surface area contributed by atoms with E-state index in [1.807, 2.05) is 23.9 Å². The van der Waals surface area contributed by atoms with Crippen LogP contribution in [0.4, 0.5) is 0 Å². The zero-order valence-corrected chi connectivity index (χ0v) is 11.5. The summed E-state index contributed by atoms with van der Waals surface area (Å²) >= 11 is 4.77. The second-order valence-electron chi connectivity index (χ2n) is 3.52. The van der Waals surface area contributed by atoms with E-state index in [-0.39, 0.29) is 5.91 Å². The van der Waals surface area contributed by atoms with Gasteiger partial charge in [-0.3, -0.25) is 14.9 Å². The van der Waals surface area contributed by atoms with Crippen molar-refractivity contribution in [2.24, 2.45) is 5.84 Å². The van der Waals surface area contributed by atoms with E-state index >= 15 is 0 Å².